The molecule has 2 amide bonds. The number of esters is 1. The molecule has 33 heavy (non-hydrogen) atoms. The molecule has 1 aliphatic carbocycles. The zero-order valence-corrected chi connectivity index (χ0v) is 18.5. The lowest BCUT2D eigenvalue weighted by molar-refractivity contribution is -0.157. The van der Waals surface area contributed by atoms with E-state index >= 15 is 0 Å². The van der Waals surface area contributed by atoms with Crippen molar-refractivity contribution < 1.29 is 37.0 Å². The normalized spacial score (nSPS) is 26.3. The molecule has 1 N–H and O–H groups in total. The summed E-state index contributed by atoms with van der Waals surface area (Å²) in [6.45, 7) is 6.29. The van der Waals surface area contributed by atoms with Crippen LogP contribution in [0.25, 0.3) is 0 Å². The Morgan fingerprint density at radius 2 is 1.88 bits per heavy atom. The van der Waals surface area contributed by atoms with Gasteiger partial charge in [0.1, 0.15) is 17.5 Å². The second-order valence-electron chi connectivity index (χ2n) is 9.59. The van der Waals surface area contributed by atoms with Crippen LogP contribution in [0, 0.1) is 23.6 Å². The summed E-state index contributed by atoms with van der Waals surface area (Å²) >= 11 is 0. The fourth-order valence-electron chi connectivity index (χ4n) is 4.49. The fraction of sp³-hybridized carbons (Fsp3) is 0.591. The SMILES string of the molecule is CC(C)(C)OC(=O)C1C2CN(c3ccc(N4C[C@H](CNC(=O)C(F)F)OC4=O)cc3F)CC21. The minimum Gasteiger partial charge on any atom is -0.460 e. The van der Waals surface area contributed by atoms with E-state index in [2.05, 4.69) is 0 Å². The van der Waals surface area contributed by atoms with Crippen molar-refractivity contribution in [1.29, 1.82) is 0 Å². The Balaban J connectivity index is 1.34. The van der Waals surface area contributed by atoms with E-state index in [1.54, 1.807) is 12.1 Å². The van der Waals surface area contributed by atoms with E-state index < -0.39 is 35.9 Å². The summed E-state index contributed by atoms with van der Waals surface area (Å²) in [5, 5.41) is 2.00. The Hall–Kier alpha value is -2.98. The Morgan fingerprint density at radius 3 is 2.45 bits per heavy atom. The predicted octanol–water partition coefficient (Wildman–Crippen LogP) is 2.56. The number of hydrogen-bond acceptors (Lipinski definition) is 6. The van der Waals surface area contributed by atoms with Gasteiger partial charge in [-0.15, -0.1) is 0 Å². The molecule has 1 aromatic carbocycles. The first-order chi connectivity index (χ1) is 15.4. The number of nitrogens with zero attached hydrogens (tertiary/aromatic N) is 2. The molecule has 3 aliphatic rings. The lowest BCUT2D eigenvalue weighted by Crippen LogP contribution is -2.37. The quantitative estimate of drug-likeness (QED) is 0.645. The van der Waals surface area contributed by atoms with Gasteiger partial charge in [-0.05, 0) is 50.8 Å². The number of alkyl halides is 2. The summed E-state index contributed by atoms with van der Waals surface area (Å²) in [5.74, 6) is -2.06. The van der Waals surface area contributed by atoms with Crippen LogP contribution in [0.3, 0.4) is 0 Å². The summed E-state index contributed by atoms with van der Waals surface area (Å²) in [6, 6.07) is 4.36. The van der Waals surface area contributed by atoms with Crippen molar-refractivity contribution in [1.82, 2.24) is 5.32 Å². The molecular formula is C22H26F3N3O5. The molecule has 0 aromatic heterocycles. The molecule has 8 nitrogen and oxygen atoms in total. The predicted molar refractivity (Wildman–Crippen MR) is 112 cm³/mol. The Morgan fingerprint density at radius 1 is 1.21 bits per heavy atom. The molecule has 1 aromatic rings. The number of anilines is 2. The number of piperidine rings is 1. The topological polar surface area (TPSA) is 88.2 Å². The van der Waals surface area contributed by atoms with Gasteiger partial charge in [-0.1, -0.05) is 0 Å². The Kier molecular flexibility index (Phi) is 5.92. The first-order valence-corrected chi connectivity index (χ1v) is 10.8. The molecule has 0 radical (unpaired) electrons. The van der Waals surface area contributed by atoms with Crippen LogP contribution in [0.15, 0.2) is 18.2 Å². The number of benzene rings is 1. The number of carbonyl (C=O) groups is 3. The zero-order valence-electron chi connectivity index (χ0n) is 18.5. The smallest absolute Gasteiger partial charge is 0.414 e. The molecular weight excluding hydrogens is 443 g/mol. The number of fused-ring (bicyclic) bond motifs is 1. The van der Waals surface area contributed by atoms with E-state index in [1.807, 2.05) is 31.0 Å². The van der Waals surface area contributed by atoms with Gasteiger partial charge < -0.3 is 19.7 Å². The van der Waals surface area contributed by atoms with E-state index in [4.69, 9.17) is 9.47 Å². The third-order valence-electron chi connectivity index (χ3n) is 6.03. The number of amides is 2. The van der Waals surface area contributed by atoms with E-state index in [9.17, 15) is 27.6 Å². The van der Waals surface area contributed by atoms with Crippen molar-refractivity contribution in [3.8, 4) is 0 Å². The average molecular weight is 469 g/mol. The molecule has 1 saturated carbocycles. The lowest BCUT2D eigenvalue weighted by atomic mass is 10.1. The van der Waals surface area contributed by atoms with Crippen LogP contribution in [0.5, 0.6) is 0 Å². The summed E-state index contributed by atoms with van der Waals surface area (Å²) in [4.78, 5) is 38.5. The summed E-state index contributed by atoms with van der Waals surface area (Å²) in [6.07, 6.45) is -4.73. The van der Waals surface area contributed by atoms with Gasteiger partial charge in [0.05, 0.1) is 30.4 Å². The number of carbonyl (C=O) groups excluding carboxylic acids is 3. The maximum absolute atomic E-state index is 14.9. The first-order valence-electron chi connectivity index (χ1n) is 10.8. The molecule has 2 heterocycles. The molecule has 3 fully saturated rings. The standard InChI is InChI=1S/C22H26F3N3O5/c1-22(2,3)33-20(30)17-13-9-27(10-14(13)17)16-5-4-11(6-15(16)23)28-8-12(32-21(28)31)7-26-19(29)18(24)25/h4-6,12-14,17-18H,7-10H2,1-3H3,(H,26,29)/t12-,13?,14?,17?/m0/s1. The van der Waals surface area contributed by atoms with Gasteiger partial charge in [-0.3, -0.25) is 14.5 Å². The third kappa shape index (κ3) is 4.86. The number of halogens is 3. The third-order valence-corrected chi connectivity index (χ3v) is 6.03. The summed E-state index contributed by atoms with van der Waals surface area (Å²) in [7, 11) is 0. The molecule has 2 saturated heterocycles. The molecule has 3 atom stereocenters. The largest absolute Gasteiger partial charge is 0.460 e. The van der Waals surface area contributed by atoms with Crippen LogP contribution in [0.4, 0.5) is 29.3 Å². The van der Waals surface area contributed by atoms with Gasteiger partial charge in [0, 0.05) is 13.1 Å². The van der Waals surface area contributed by atoms with Crippen LogP contribution >= 0.6 is 0 Å². The average Bonchev–Trinajstić information content (AvgIpc) is 3.03. The van der Waals surface area contributed by atoms with Gasteiger partial charge in [-0.25, -0.2) is 9.18 Å². The number of nitrogens with one attached hydrogen (secondary N) is 1. The molecule has 0 spiro atoms. The lowest BCUT2D eigenvalue weighted by Gasteiger charge is -2.25. The fourth-order valence-corrected chi connectivity index (χ4v) is 4.49. The van der Waals surface area contributed by atoms with Crippen molar-refractivity contribution in [2.45, 2.75) is 38.9 Å². The van der Waals surface area contributed by atoms with Gasteiger partial charge in [0.25, 0.3) is 5.91 Å². The van der Waals surface area contributed by atoms with Crippen LogP contribution in [0.2, 0.25) is 0 Å². The van der Waals surface area contributed by atoms with Crippen molar-refractivity contribution in [2.75, 3.05) is 36.0 Å². The van der Waals surface area contributed by atoms with E-state index in [1.165, 1.54) is 11.0 Å². The number of rotatable bonds is 6. The minimum atomic E-state index is -3.16. The molecule has 0 bridgehead atoms. The van der Waals surface area contributed by atoms with Crippen LogP contribution < -0.4 is 15.1 Å². The molecule has 2 aliphatic heterocycles. The highest BCUT2D eigenvalue weighted by molar-refractivity contribution is 5.90. The van der Waals surface area contributed by atoms with Gasteiger partial charge in [0.15, 0.2) is 0 Å². The van der Waals surface area contributed by atoms with Crippen LogP contribution in [0.1, 0.15) is 20.8 Å². The summed E-state index contributed by atoms with van der Waals surface area (Å²) in [5.41, 5.74) is 0.0990. The Bertz CT molecular complexity index is 955. The van der Waals surface area contributed by atoms with Gasteiger partial charge in [0.2, 0.25) is 0 Å². The zero-order chi connectivity index (χ0) is 24.1. The summed E-state index contributed by atoms with van der Waals surface area (Å²) < 4.78 is 50.0. The number of cyclic esters (lactones) is 1. The second-order valence-corrected chi connectivity index (χ2v) is 9.59. The monoisotopic (exact) mass is 469 g/mol. The van der Waals surface area contributed by atoms with Gasteiger partial charge in [-0.2, -0.15) is 8.78 Å². The molecule has 2 unspecified atom stereocenters. The molecule has 4 rings (SSSR count). The minimum absolute atomic E-state index is 0.00737. The highest BCUT2D eigenvalue weighted by Gasteiger charge is 2.61. The first kappa shape index (κ1) is 23.2. The van der Waals surface area contributed by atoms with Crippen LogP contribution in [-0.4, -0.2) is 62.3 Å². The number of hydrogen-bond donors (Lipinski definition) is 1. The maximum Gasteiger partial charge on any atom is 0.414 e. The van der Waals surface area contributed by atoms with Crippen molar-refractivity contribution >= 4 is 29.3 Å². The van der Waals surface area contributed by atoms with Crippen molar-refractivity contribution in [3.63, 3.8) is 0 Å². The molecule has 11 heteroatoms. The van der Waals surface area contributed by atoms with Gasteiger partial charge >= 0.3 is 18.5 Å². The van der Waals surface area contributed by atoms with E-state index in [0.717, 1.165) is 0 Å². The molecule has 180 valence electrons. The van der Waals surface area contributed by atoms with E-state index in [0.29, 0.717) is 18.8 Å². The second kappa shape index (κ2) is 8.42. The van der Waals surface area contributed by atoms with Crippen molar-refractivity contribution in [2.24, 2.45) is 17.8 Å². The van der Waals surface area contributed by atoms with E-state index in [-0.39, 0.29) is 42.5 Å². The number of ether oxygens (including phenoxy) is 2. The highest BCUT2D eigenvalue weighted by Crippen LogP contribution is 2.53. The Labute approximate surface area is 189 Å². The van der Waals surface area contributed by atoms with Crippen LogP contribution in [-0.2, 0) is 19.1 Å². The maximum atomic E-state index is 14.9. The highest BCUT2D eigenvalue weighted by atomic mass is 19.3. The van der Waals surface area contributed by atoms with Crippen molar-refractivity contribution in [3.05, 3.63) is 24.0 Å².